The number of imidazole rings is 1. The molecule has 0 saturated heterocycles. The molecule has 0 aliphatic carbocycles. The van der Waals surface area contributed by atoms with E-state index in [1.807, 2.05) is 46.5 Å². The molecule has 0 bridgehead atoms. The summed E-state index contributed by atoms with van der Waals surface area (Å²) < 4.78 is 7.18. The lowest BCUT2D eigenvalue weighted by Gasteiger charge is -2.07. The number of hydrogen-bond donors (Lipinski definition) is 1. The minimum atomic E-state index is -0.268. The number of amides is 1. The molecule has 8 heteroatoms. The Morgan fingerprint density at radius 3 is 2.96 bits per heavy atom. The van der Waals surface area contributed by atoms with Crippen LogP contribution in [0.2, 0.25) is 0 Å². The van der Waals surface area contributed by atoms with Gasteiger partial charge in [0, 0.05) is 37.7 Å². The van der Waals surface area contributed by atoms with Gasteiger partial charge in [0.1, 0.15) is 5.69 Å². The molecule has 0 atom stereocenters. The molecule has 0 fully saturated rings. The third-order valence-electron chi connectivity index (χ3n) is 3.75. The minimum Gasteiger partial charge on any atom is -0.355 e. The molecule has 0 saturated carbocycles. The Hall–Kier alpha value is -3.26. The van der Waals surface area contributed by atoms with Crippen molar-refractivity contribution in [1.29, 1.82) is 0 Å². The monoisotopic (exact) mass is 365 g/mol. The molecule has 4 heterocycles. The fourth-order valence-corrected chi connectivity index (χ4v) is 3.19. The number of aromatic nitrogens is 4. The van der Waals surface area contributed by atoms with Crippen molar-refractivity contribution in [1.82, 2.24) is 25.0 Å². The number of hydrogen-bond acceptors (Lipinski definition) is 6. The number of nitrogens with one attached hydrogen (secondary N) is 1. The summed E-state index contributed by atoms with van der Waals surface area (Å²) in [6.07, 6.45) is 5.31. The lowest BCUT2D eigenvalue weighted by Crippen LogP contribution is -2.27. The highest BCUT2D eigenvalue weighted by atomic mass is 32.1. The Bertz CT molecular complexity index is 992. The summed E-state index contributed by atoms with van der Waals surface area (Å²) in [4.78, 5) is 21.8. The van der Waals surface area contributed by atoms with E-state index in [9.17, 15) is 4.79 Å². The summed E-state index contributed by atoms with van der Waals surface area (Å²) in [7, 11) is 0. The van der Waals surface area contributed by atoms with Crippen LogP contribution in [0.1, 0.15) is 10.5 Å². The van der Waals surface area contributed by atoms with Crippen LogP contribution in [0, 0.1) is 0 Å². The van der Waals surface area contributed by atoms with Crippen LogP contribution in [0.15, 0.2) is 64.9 Å². The second-order valence-electron chi connectivity index (χ2n) is 5.47. The van der Waals surface area contributed by atoms with E-state index in [0.717, 1.165) is 16.4 Å². The molecule has 1 amide bonds. The van der Waals surface area contributed by atoms with Gasteiger partial charge in [-0.05, 0) is 23.6 Å². The van der Waals surface area contributed by atoms with Crippen LogP contribution >= 0.6 is 11.3 Å². The minimum absolute atomic E-state index is 0.268. The predicted octanol–water partition coefficient (Wildman–Crippen LogP) is 3.09. The number of rotatable bonds is 6. The van der Waals surface area contributed by atoms with Crippen LogP contribution in [0.25, 0.3) is 22.2 Å². The first kappa shape index (κ1) is 16.2. The quantitative estimate of drug-likeness (QED) is 0.567. The van der Waals surface area contributed by atoms with Gasteiger partial charge in [-0.25, -0.2) is 4.98 Å². The molecule has 0 radical (unpaired) electrons. The zero-order valence-corrected chi connectivity index (χ0v) is 14.5. The number of nitrogens with zero attached hydrogens (tertiary/aromatic N) is 4. The van der Waals surface area contributed by atoms with Gasteiger partial charge in [-0.15, -0.1) is 11.3 Å². The topological polar surface area (TPSA) is 85.8 Å². The van der Waals surface area contributed by atoms with E-state index in [2.05, 4.69) is 20.4 Å². The van der Waals surface area contributed by atoms with Crippen molar-refractivity contribution >= 4 is 17.2 Å². The highest BCUT2D eigenvalue weighted by Crippen LogP contribution is 2.25. The fraction of sp³-hybridized carbons (Fsp3) is 0.111. The molecule has 0 aromatic carbocycles. The molecular formula is C18H15N5O2S. The molecular weight excluding hydrogens is 350 g/mol. The molecule has 0 unspecified atom stereocenters. The van der Waals surface area contributed by atoms with Gasteiger partial charge in [-0.2, -0.15) is 0 Å². The molecule has 0 aliphatic rings. The number of carbonyl (C=O) groups is 1. The molecule has 7 nitrogen and oxygen atoms in total. The van der Waals surface area contributed by atoms with Crippen LogP contribution in [0.4, 0.5) is 0 Å². The van der Waals surface area contributed by atoms with Crippen molar-refractivity contribution in [3.63, 3.8) is 0 Å². The molecule has 0 aliphatic heterocycles. The van der Waals surface area contributed by atoms with E-state index >= 15 is 0 Å². The Kier molecular flexibility index (Phi) is 4.57. The van der Waals surface area contributed by atoms with Crippen molar-refractivity contribution in [2.75, 3.05) is 6.54 Å². The van der Waals surface area contributed by atoms with Gasteiger partial charge in [0.2, 0.25) is 0 Å². The van der Waals surface area contributed by atoms with Gasteiger partial charge in [-0.1, -0.05) is 17.3 Å². The van der Waals surface area contributed by atoms with Crippen LogP contribution < -0.4 is 5.32 Å². The highest BCUT2D eigenvalue weighted by molar-refractivity contribution is 7.13. The Morgan fingerprint density at radius 2 is 2.15 bits per heavy atom. The lowest BCUT2D eigenvalue weighted by molar-refractivity contribution is 0.0943. The zero-order chi connectivity index (χ0) is 17.8. The summed E-state index contributed by atoms with van der Waals surface area (Å²) >= 11 is 1.54. The average Bonchev–Trinajstić information content (AvgIpc) is 3.42. The molecule has 4 aromatic rings. The largest absolute Gasteiger partial charge is 0.355 e. The second-order valence-corrected chi connectivity index (χ2v) is 6.42. The van der Waals surface area contributed by atoms with Gasteiger partial charge in [0.05, 0.1) is 4.88 Å². The number of pyridine rings is 1. The van der Waals surface area contributed by atoms with Crippen molar-refractivity contribution in [3.8, 4) is 22.2 Å². The van der Waals surface area contributed by atoms with Crippen molar-refractivity contribution in [2.24, 2.45) is 0 Å². The van der Waals surface area contributed by atoms with E-state index in [1.54, 1.807) is 18.5 Å². The van der Waals surface area contributed by atoms with E-state index in [0.29, 0.717) is 18.8 Å². The molecule has 130 valence electrons. The maximum absolute atomic E-state index is 12.2. The zero-order valence-electron chi connectivity index (χ0n) is 13.7. The van der Waals surface area contributed by atoms with E-state index < -0.39 is 0 Å². The van der Waals surface area contributed by atoms with Crippen LogP contribution in [0.3, 0.4) is 0 Å². The molecule has 26 heavy (non-hydrogen) atoms. The van der Waals surface area contributed by atoms with E-state index in [-0.39, 0.29) is 11.6 Å². The van der Waals surface area contributed by atoms with Crippen molar-refractivity contribution in [2.45, 2.75) is 6.54 Å². The fourth-order valence-electron chi connectivity index (χ4n) is 2.52. The highest BCUT2D eigenvalue weighted by Gasteiger charge is 2.14. The van der Waals surface area contributed by atoms with E-state index in [1.165, 1.54) is 11.3 Å². The molecule has 1 N–H and O–H groups in total. The normalized spacial score (nSPS) is 10.8. The maximum atomic E-state index is 12.2. The van der Waals surface area contributed by atoms with Crippen LogP contribution in [-0.4, -0.2) is 32.1 Å². The first-order valence-corrected chi connectivity index (χ1v) is 8.90. The Balaban J connectivity index is 1.37. The molecule has 4 aromatic heterocycles. The number of carbonyl (C=O) groups excluding carboxylic acids is 1. The predicted molar refractivity (Wildman–Crippen MR) is 97.6 cm³/mol. The maximum Gasteiger partial charge on any atom is 0.273 e. The second kappa shape index (κ2) is 7.32. The summed E-state index contributed by atoms with van der Waals surface area (Å²) in [6, 6.07) is 11.2. The van der Waals surface area contributed by atoms with Crippen molar-refractivity contribution in [3.05, 3.63) is 66.1 Å². The van der Waals surface area contributed by atoms with Crippen molar-refractivity contribution < 1.29 is 9.32 Å². The summed E-state index contributed by atoms with van der Waals surface area (Å²) in [5, 5.41) is 8.64. The SMILES string of the molecule is O=C(NCCn1ccnc1-c1ccccn1)c1cc(-c2cccs2)on1. The van der Waals surface area contributed by atoms with Crippen LogP contribution in [-0.2, 0) is 6.54 Å². The van der Waals surface area contributed by atoms with Gasteiger partial charge in [0.15, 0.2) is 17.3 Å². The number of thiophene rings is 1. The summed E-state index contributed by atoms with van der Waals surface area (Å²) in [5.41, 5.74) is 1.06. The molecule has 4 rings (SSSR count). The summed E-state index contributed by atoms with van der Waals surface area (Å²) in [5.74, 6) is 1.09. The average molecular weight is 365 g/mol. The standard InChI is InChI=1S/C18H15N5O2S/c24-18(14-12-15(25-22-14)16-5-3-11-26-16)21-8-10-23-9-7-20-17(23)13-4-1-2-6-19-13/h1-7,9,11-12H,8,10H2,(H,21,24). The first-order chi connectivity index (χ1) is 12.8. The van der Waals surface area contributed by atoms with Gasteiger partial charge in [0.25, 0.3) is 5.91 Å². The summed E-state index contributed by atoms with van der Waals surface area (Å²) in [6.45, 7) is 1.02. The van der Waals surface area contributed by atoms with Gasteiger partial charge < -0.3 is 14.4 Å². The van der Waals surface area contributed by atoms with Gasteiger partial charge in [-0.3, -0.25) is 9.78 Å². The Morgan fingerprint density at radius 1 is 1.19 bits per heavy atom. The smallest absolute Gasteiger partial charge is 0.273 e. The molecule has 0 spiro atoms. The lowest BCUT2D eigenvalue weighted by atomic mass is 10.3. The van der Waals surface area contributed by atoms with Crippen LogP contribution in [0.5, 0.6) is 0 Å². The Labute approximate surface area is 153 Å². The van der Waals surface area contributed by atoms with E-state index in [4.69, 9.17) is 4.52 Å². The third-order valence-corrected chi connectivity index (χ3v) is 4.64. The third kappa shape index (κ3) is 3.40. The first-order valence-electron chi connectivity index (χ1n) is 8.02. The van der Waals surface area contributed by atoms with Gasteiger partial charge >= 0.3 is 0 Å².